The Balaban J connectivity index is 2.68. The highest BCUT2D eigenvalue weighted by Crippen LogP contribution is 2.45. The quantitative estimate of drug-likeness (QED) is 0.763. The van der Waals surface area contributed by atoms with E-state index >= 15 is 0 Å². The van der Waals surface area contributed by atoms with E-state index in [9.17, 15) is 9.90 Å². The number of anilines is 1. The minimum absolute atomic E-state index is 0.153. The monoisotopic (exact) mass is 255 g/mol. The molecule has 2 rings (SSSR count). The molecule has 0 aliphatic carbocycles. The first-order chi connectivity index (χ1) is 8.62. The summed E-state index contributed by atoms with van der Waals surface area (Å²) in [6, 6.07) is 1.53. The third-order valence-electron chi connectivity index (χ3n) is 2.53. The van der Waals surface area contributed by atoms with Crippen LogP contribution in [0, 0.1) is 0 Å². The summed E-state index contributed by atoms with van der Waals surface area (Å²) in [5.74, 6) is 0.154. The van der Waals surface area contributed by atoms with Crippen molar-refractivity contribution in [3.8, 4) is 17.2 Å². The van der Waals surface area contributed by atoms with Gasteiger partial charge in [-0.25, -0.2) is 4.79 Å². The predicted molar refractivity (Wildman–Crippen MR) is 61.1 cm³/mol. The average molecular weight is 255 g/mol. The van der Waals surface area contributed by atoms with E-state index in [0.29, 0.717) is 11.4 Å². The Labute approximate surface area is 103 Å². The van der Waals surface area contributed by atoms with Gasteiger partial charge in [-0.2, -0.15) is 0 Å². The van der Waals surface area contributed by atoms with Crippen molar-refractivity contribution in [1.29, 1.82) is 0 Å². The fraction of sp³-hybridized carbons (Fsp3) is 0.364. The summed E-state index contributed by atoms with van der Waals surface area (Å²) in [6.07, 6.45) is -1.40. The van der Waals surface area contributed by atoms with Crippen LogP contribution >= 0.6 is 0 Å². The SMILES string of the molecule is COc1cc2c(c(OC)c1OC)C(=O)OC(O)N2. The van der Waals surface area contributed by atoms with Crippen LogP contribution in [0.3, 0.4) is 0 Å². The summed E-state index contributed by atoms with van der Waals surface area (Å²) in [5, 5.41) is 11.9. The Kier molecular flexibility index (Phi) is 3.15. The molecule has 18 heavy (non-hydrogen) atoms. The van der Waals surface area contributed by atoms with Crippen LogP contribution in [0.15, 0.2) is 6.07 Å². The molecular formula is C11H13NO6. The molecular weight excluding hydrogens is 242 g/mol. The van der Waals surface area contributed by atoms with Crippen molar-refractivity contribution in [2.75, 3.05) is 26.6 Å². The highest BCUT2D eigenvalue weighted by atomic mass is 16.7. The van der Waals surface area contributed by atoms with Crippen molar-refractivity contribution in [3.05, 3.63) is 11.6 Å². The van der Waals surface area contributed by atoms with Crippen molar-refractivity contribution >= 4 is 11.7 Å². The third-order valence-corrected chi connectivity index (χ3v) is 2.53. The molecule has 1 atom stereocenters. The summed E-state index contributed by atoms with van der Waals surface area (Å²) >= 11 is 0. The van der Waals surface area contributed by atoms with Crippen LogP contribution in [-0.4, -0.2) is 38.8 Å². The Morgan fingerprint density at radius 1 is 1.22 bits per heavy atom. The number of carbonyl (C=O) groups is 1. The maximum Gasteiger partial charge on any atom is 0.347 e. The van der Waals surface area contributed by atoms with Gasteiger partial charge in [0.2, 0.25) is 5.75 Å². The number of rotatable bonds is 3. The van der Waals surface area contributed by atoms with Gasteiger partial charge in [0.25, 0.3) is 6.41 Å². The van der Waals surface area contributed by atoms with Crippen LogP contribution in [-0.2, 0) is 4.74 Å². The molecule has 1 heterocycles. The van der Waals surface area contributed by atoms with Crippen LogP contribution in [0.25, 0.3) is 0 Å². The average Bonchev–Trinajstić information content (AvgIpc) is 2.35. The van der Waals surface area contributed by atoms with Gasteiger partial charge in [-0.1, -0.05) is 0 Å². The fourth-order valence-corrected chi connectivity index (χ4v) is 1.80. The molecule has 1 aromatic rings. The Morgan fingerprint density at radius 3 is 2.44 bits per heavy atom. The van der Waals surface area contributed by atoms with Gasteiger partial charge in [0.05, 0.1) is 27.0 Å². The Bertz CT molecular complexity index is 487. The fourth-order valence-electron chi connectivity index (χ4n) is 1.80. The van der Waals surface area contributed by atoms with E-state index in [1.165, 1.54) is 27.4 Å². The number of ether oxygens (including phenoxy) is 4. The summed E-state index contributed by atoms with van der Waals surface area (Å²) < 4.78 is 20.1. The standard InChI is InChI=1S/C11H13NO6/c1-15-6-4-5-7(9(17-3)8(6)16-2)10(13)18-11(14)12-5/h4,11-12,14H,1-3H3. The molecule has 1 aromatic carbocycles. The van der Waals surface area contributed by atoms with E-state index < -0.39 is 12.4 Å². The zero-order valence-electron chi connectivity index (χ0n) is 10.1. The van der Waals surface area contributed by atoms with Crippen LogP contribution in [0.4, 0.5) is 5.69 Å². The van der Waals surface area contributed by atoms with Gasteiger partial charge in [0.15, 0.2) is 11.5 Å². The minimum atomic E-state index is -1.40. The van der Waals surface area contributed by atoms with Crippen LogP contribution in [0.5, 0.6) is 17.2 Å². The molecule has 0 radical (unpaired) electrons. The highest BCUT2D eigenvalue weighted by molar-refractivity contribution is 6.02. The molecule has 7 nitrogen and oxygen atoms in total. The number of esters is 1. The van der Waals surface area contributed by atoms with Gasteiger partial charge in [-0.05, 0) is 0 Å². The van der Waals surface area contributed by atoms with Crippen molar-refractivity contribution in [2.24, 2.45) is 0 Å². The smallest absolute Gasteiger partial charge is 0.347 e. The molecule has 1 aliphatic heterocycles. The second-order valence-corrected chi connectivity index (χ2v) is 3.47. The van der Waals surface area contributed by atoms with Gasteiger partial charge in [-0.3, -0.25) is 0 Å². The second-order valence-electron chi connectivity index (χ2n) is 3.47. The normalized spacial score (nSPS) is 17.3. The predicted octanol–water partition coefficient (Wildman–Crippen LogP) is 0.571. The van der Waals surface area contributed by atoms with Gasteiger partial charge < -0.3 is 29.4 Å². The Hall–Kier alpha value is -2.15. The number of fused-ring (bicyclic) bond motifs is 1. The maximum atomic E-state index is 11.7. The number of aliphatic hydroxyl groups is 1. The second kappa shape index (κ2) is 4.61. The molecule has 0 amide bonds. The summed E-state index contributed by atoms with van der Waals surface area (Å²) in [6.45, 7) is 0. The van der Waals surface area contributed by atoms with E-state index in [1.807, 2.05) is 0 Å². The van der Waals surface area contributed by atoms with E-state index in [4.69, 9.17) is 14.2 Å². The first-order valence-electron chi connectivity index (χ1n) is 5.11. The van der Waals surface area contributed by atoms with Crippen molar-refractivity contribution in [3.63, 3.8) is 0 Å². The number of cyclic esters (lactones) is 1. The third kappa shape index (κ3) is 1.78. The molecule has 0 fully saturated rings. The van der Waals surface area contributed by atoms with Crippen molar-refractivity contribution < 1.29 is 28.8 Å². The largest absolute Gasteiger partial charge is 0.493 e. The van der Waals surface area contributed by atoms with Crippen molar-refractivity contribution in [2.45, 2.75) is 6.41 Å². The van der Waals surface area contributed by atoms with Crippen LogP contribution in [0.2, 0.25) is 0 Å². The topological polar surface area (TPSA) is 86.3 Å². The van der Waals surface area contributed by atoms with E-state index in [1.54, 1.807) is 0 Å². The number of nitrogens with one attached hydrogen (secondary N) is 1. The molecule has 0 spiro atoms. The number of hydrogen-bond donors (Lipinski definition) is 2. The number of benzene rings is 1. The van der Waals surface area contributed by atoms with E-state index in [-0.39, 0.29) is 17.1 Å². The molecule has 98 valence electrons. The molecule has 0 bridgehead atoms. The summed E-state index contributed by atoms with van der Waals surface area (Å²) in [7, 11) is 4.29. The van der Waals surface area contributed by atoms with Gasteiger partial charge in [0, 0.05) is 6.07 Å². The van der Waals surface area contributed by atoms with E-state index in [2.05, 4.69) is 10.1 Å². The van der Waals surface area contributed by atoms with Gasteiger partial charge in [0.1, 0.15) is 5.56 Å². The molecule has 1 unspecified atom stereocenters. The highest BCUT2D eigenvalue weighted by Gasteiger charge is 2.32. The first-order valence-corrected chi connectivity index (χ1v) is 5.11. The lowest BCUT2D eigenvalue weighted by Gasteiger charge is -2.25. The minimum Gasteiger partial charge on any atom is -0.493 e. The number of hydrogen-bond acceptors (Lipinski definition) is 7. The van der Waals surface area contributed by atoms with Gasteiger partial charge >= 0.3 is 5.97 Å². The lowest BCUT2D eigenvalue weighted by atomic mass is 10.1. The molecule has 0 saturated carbocycles. The molecule has 1 aliphatic rings. The van der Waals surface area contributed by atoms with Crippen LogP contribution < -0.4 is 19.5 Å². The number of carbonyl (C=O) groups excluding carboxylic acids is 1. The van der Waals surface area contributed by atoms with Gasteiger partial charge in [-0.15, -0.1) is 0 Å². The van der Waals surface area contributed by atoms with E-state index in [0.717, 1.165) is 0 Å². The summed E-state index contributed by atoms with van der Waals surface area (Å²) in [4.78, 5) is 11.7. The molecule has 2 N–H and O–H groups in total. The first kappa shape index (κ1) is 12.3. The lowest BCUT2D eigenvalue weighted by Crippen LogP contribution is -2.32. The Morgan fingerprint density at radius 2 is 1.89 bits per heavy atom. The van der Waals surface area contributed by atoms with Crippen molar-refractivity contribution in [1.82, 2.24) is 0 Å². The number of methoxy groups -OCH3 is 3. The number of aliphatic hydroxyl groups excluding tert-OH is 1. The maximum absolute atomic E-state index is 11.7. The molecule has 7 heteroatoms. The summed E-state index contributed by atoms with van der Waals surface area (Å²) in [5.41, 5.74) is 0.508. The lowest BCUT2D eigenvalue weighted by molar-refractivity contribution is -0.0505. The molecule has 0 aromatic heterocycles. The zero-order chi connectivity index (χ0) is 13.3. The zero-order valence-corrected chi connectivity index (χ0v) is 10.1. The molecule has 0 saturated heterocycles. The van der Waals surface area contributed by atoms with Crippen LogP contribution in [0.1, 0.15) is 10.4 Å².